The van der Waals surface area contributed by atoms with E-state index in [1.165, 1.54) is 19.4 Å². The first kappa shape index (κ1) is 17.0. The van der Waals surface area contributed by atoms with Crippen LogP contribution in [0.2, 0.25) is 0 Å². The molecular weight excluding hydrogens is 312 g/mol. The molecular formula is C21H30N2O2. The lowest BCUT2D eigenvalue weighted by atomic mass is 9.87. The van der Waals surface area contributed by atoms with E-state index in [-0.39, 0.29) is 12.0 Å². The van der Waals surface area contributed by atoms with Crippen molar-refractivity contribution in [3.63, 3.8) is 0 Å². The van der Waals surface area contributed by atoms with Crippen molar-refractivity contribution in [3.8, 4) is 0 Å². The van der Waals surface area contributed by atoms with E-state index >= 15 is 0 Å². The maximum atomic E-state index is 13.1. The molecule has 2 aliphatic heterocycles. The summed E-state index contributed by atoms with van der Waals surface area (Å²) in [4.78, 5) is 15.2. The quantitative estimate of drug-likeness (QED) is 0.894. The fourth-order valence-electron chi connectivity index (χ4n) is 4.20. The molecule has 3 aliphatic rings. The number of piperidine rings is 1. The number of nitrogens with zero attached hydrogens (tertiary/aromatic N) is 1. The number of nitrogens with one attached hydrogen (secondary N) is 1. The molecule has 2 unspecified atom stereocenters. The van der Waals surface area contributed by atoms with Crippen molar-refractivity contribution >= 4 is 5.91 Å². The molecule has 136 valence electrons. The Morgan fingerprint density at radius 3 is 2.56 bits per heavy atom. The topological polar surface area (TPSA) is 41.6 Å². The van der Waals surface area contributed by atoms with Crippen molar-refractivity contribution in [3.05, 3.63) is 35.9 Å². The van der Waals surface area contributed by atoms with Gasteiger partial charge in [0.15, 0.2) is 0 Å². The molecule has 1 aromatic rings. The number of benzene rings is 1. The van der Waals surface area contributed by atoms with Gasteiger partial charge in [-0.15, -0.1) is 0 Å². The highest BCUT2D eigenvalue weighted by Crippen LogP contribution is 2.35. The Morgan fingerprint density at radius 1 is 1.08 bits per heavy atom. The van der Waals surface area contributed by atoms with E-state index in [4.69, 9.17) is 4.74 Å². The van der Waals surface area contributed by atoms with Crippen LogP contribution >= 0.6 is 0 Å². The first-order valence-electron chi connectivity index (χ1n) is 10.00. The minimum absolute atomic E-state index is 0.0212. The lowest BCUT2D eigenvalue weighted by Gasteiger charge is -2.38. The van der Waals surface area contributed by atoms with E-state index in [1.54, 1.807) is 0 Å². The largest absolute Gasteiger partial charge is 0.373 e. The fourth-order valence-corrected chi connectivity index (χ4v) is 4.20. The van der Waals surface area contributed by atoms with Gasteiger partial charge in [0.05, 0.1) is 12.0 Å². The van der Waals surface area contributed by atoms with Crippen LogP contribution in [0.4, 0.5) is 0 Å². The van der Waals surface area contributed by atoms with Crippen LogP contribution in [0.25, 0.3) is 0 Å². The highest BCUT2D eigenvalue weighted by molar-refractivity contribution is 5.80. The van der Waals surface area contributed by atoms with Gasteiger partial charge in [0.1, 0.15) is 0 Å². The summed E-state index contributed by atoms with van der Waals surface area (Å²) in [6.45, 7) is 3.71. The molecule has 4 rings (SSSR count). The van der Waals surface area contributed by atoms with Gasteiger partial charge >= 0.3 is 0 Å². The summed E-state index contributed by atoms with van der Waals surface area (Å²) in [5.74, 6) is 1.20. The van der Waals surface area contributed by atoms with Crippen molar-refractivity contribution < 1.29 is 9.53 Å². The van der Waals surface area contributed by atoms with Gasteiger partial charge in [-0.05, 0) is 56.6 Å². The molecule has 0 spiro atoms. The number of carbonyl (C=O) groups excluding carboxylic acids is 1. The monoisotopic (exact) mass is 342 g/mol. The number of carbonyl (C=O) groups is 1. The first-order chi connectivity index (χ1) is 12.3. The van der Waals surface area contributed by atoms with Crippen LogP contribution in [0.1, 0.15) is 50.2 Å². The summed E-state index contributed by atoms with van der Waals surface area (Å²) in [5, 5.41) is 3.69. The SMILES string of the molecule is O=C(C1CCCOC1c1ccccc1)N1CCC(NCC2CC2)CC1. The van der Waals surface area contributed by atoms with E-state index in [2.05, 4.69) is 22.3 Å². The lowest BCUT2D eigenvalue weighted by molar-refractivity contribution is -0.146. The highest BCUT2D eigenvalue weighted by Gasteiger charge is 2.36. The smallest absolute Gasteiger partial charge is 0.228 e. The minimum Gasteiger partial charge on any atom is -0.373 e. The van der Waals surface area contributed by atoms with Gasteiger partial charge in [-0.1, -0.05) is 30.3 Å². The van der Waals surface area contributed by atoms with Crippen LogP contribution in [0.5, 0.6) is 0 Å². The molecule has 1 amide bonds. The Labute approximate surface area is 150 Å². The van der Waals surface area contributed by atoms with Crippen molar-refractivity contribution in [2.24, 2.45) is 11.8 Å². The molecule has 3 fully saturated rings. The summed E-state index contributed by atoms with van der Waals surface area (Å²) in [5.41, 5.74) is 1.14. The second kappa shape index (κ2) is 7.88. The van der Waals surface area contributed by atoms with Crippen LogP contribution in [-0.4, -0.2) is 43.1 Å². The Balaban J connectivity index is 1.34. The Bertz CT molecular complexity index is 565. The third kappa shape index (κ3) is 4.24. The standard InChI is InChI=1S/C21H30N2O2/c24-21(23-12-10-18(11-13-23)22-15-16-8-9-16)19-7-4-14-25-20(19)17-5-2-1-3-6-17/h1-3,5-6,16,18-20,22H,4,7-15H2. The molecule has 1 saturated carbocycles. The number of hydrogen-bond donors (Lipinski definition) is 1. The van der Waals surface area contributed by atoms with Crippen LogP contribution in [-0.2, 0) is 9.53 Å². The third-order valence-corrected chi connectivity index (χ3v) is 5.97. The zero-order valence-corrected chi connectivity index (χ0v) is 15.0. The summed E-state index contributed by atoms with van der Waals surface area (Å²) in [6, 6.07) is 10.9. The Hall–Kier alpha value is -1.39. The minimum atomic E-state index is -0.0758. The fraction of sp³-hybridized carbons (Fsp3) is 0.667. The van der Waals surface area contributed by atoms with Crippen molar-refractivity contribution in [1.29, 1.82) is 0 Å². The summed E-state index contributed by atoms with van der Waals surface area (Å²) < 4.78 is 6.02. The van der Waals surface area contributed by atoms with Gasteiger partial charge < -0.3 is 15.0 Å². The summed E-state index contributed by atoms with van der Waals surface area (Å²) in [7, 11) is 0. The van der Waals surface area contributed by atoms with Crippen molar-refractivity contribution in [2.45, 2.75) is 50.7 Å². The maximum Gasteiger partial charge on any atom is 0.228 e. The van der Waals surface area contributed by atoms with Gasteiger partial charge in [0.25, 0.3) is 0 Å². The Kier molecular flexibility index (Phi) is 5.37. The zero-order chi connectivity index (χ0) is 17.1. The molecule has 2 saturated heterocycles. The highest BCUT2D eigenvalue weighted by atomic mass is 16.5. The normalized spacial score (nSPS) is 28.1. The van der Waals surface area contributed by atoms with Crippen molar-refractivity contribution in [1.82, 2.24) is 10.2 Å². The maximum absolute atomic E-state index is 13.1. The molecule has 1 aliphatic carbocycles. The van der Waals surface area contributed by atoms with Crippen LogP contribution in [0.3, 0.4) is 0 Å². The molecule has 0 radical (unpaired) electrons. The number of rotatable bonds is 5. The van der Waals surface area contributed by atoms with Gasteiger partial charge in [-0.2, -0.15) is 0 Å². The second-order valence-electron chi connectivity index (χ2n) is 7.90. The van der Waals surface area contributed by atoms with E-state index in [1.807, 2.05) is 18.2 Å². The van der Waals surface area contributed by atoms with Crippen LogP contribution < -0.4 is 5.32 Å². The predicted octanol–water partition coefficient (Wildman–Crippen LogP) is 3.14. The average Bonchev–Trinajstić information content (AvgIpc) is 3.51. The molecule has 0 aromatic heterocycles. The molecule has 1 N–H and O–H groups in total. The van der Waals surface area contributed by atoms with Gasteiger partial charge in [-0.25, -0.2) is 0 Å². The summed E-state index contributed by atoms with van der Waals surface area (Å²) in [6.07, 6.45) is 6.81. The number of ether oxygens (including phenoxy) is 1. The van der Waals surface area contributed by atoms with Crippen LogP contribution in [0.15, 0.2) is 30.3 Å². The third-order valence-electron chi connectivity index (χ3n) is 5.97. The van der Waals surface area contributed by atoms with Crippen molar-refractivity contribution in [2.75, 3.05) is 26.2 Å². The molecule has 4 nitrogen and oxygen atoms in total. The molecule has 2 heterocycles. The van der Waals surface area contributed by atoms with E-state index in [0.29, 0.717) is 11.9 Å². The molecule has 0 bridgehead atoms. The van der Waals surface area contributed by atoms with E-state index < -0.39 is 0 Å². The average molecular weight is 342 g/mol. The lowest BCUT2D eigenvalue weighted by Crippen LogP contribution is -2.48. The number of amides is 1. The molecule has 2 atom stereocenters. The molecule has 1 aromatic carbocycles. The number of likely N-dealkylation sites (tertiary alicyclic amines) is 1. The van der Waals surface area contributed by atoms with Gasteiger partial charge in [-0.3, -0.25) is 4.79 Å². The van der Waals surface area contributed by atoms with E-state index in [9.17, 15) is 4.79 Å². The molecule has 25 heavy (non-hydrogen) atoms. The van der Waals surface area contributed by atoms with Crippen LogP contribution in [0, 0.1) is 11.8 Å². The number of hydrogen-bond acceptors (Lipinski definition) is 3. The second-order valence-corrected chi connectivity index (χ2v) is 7.90. The predicted molar refractivity (Wildman–Crippen MR) is 98.2 cm³/mol. The first-order valence-corrected chi connectivity index (χ1v) is 10.00. The summed E-state index contributed by atoms with van der Waals surface area (Å²) >= 11 is 0. The Morgan fingerprint density at radius 2 is 1.84 bits per heavy atom. The zero-order valence-electron chi connectivity index (χ0n) is 15.0. The van der Waals surface area contributed by atoms with Gasteiger partial charge in [0, 0.05) is 25.7 Å². The van der Waals surface area contributed by atoms with E-state index in [0.717, 1.165) is 56.9 Å². The molecule has 4 heteroatoms. The van der Waals surface area contributed by atoms with Gasteiger partial charge in [0.2, 0.25) is 5.91 Å².